The van der Waals surface area contributed by atoms with Crippen molar-refractivity contribution in [2.75, 3.05) is 12.4 Å². The lowest BCUT2D eigenvalue weighted by molar-refractivity contribution is -0.137. The van der Waals surface area contributed by atoms with E-state index < -0.39 is 16.8 Å². The molecule has 2 heterocycles. The molecule has 0 aliphatic rings. The van der Waals surface area contributed by atoms with Crippen LogP contribution >= 0.6 is 11.6 Å². The van der Waals surface area contributed by atoms with Gasteiger partial charge in [-0.2, -0.15) is 18.2 Å². The van der Waals surface area contributed by atoms with Gasteiger partial charge in [-0.15, -0.1) is 5.10 Å². The molecule has 0 fully saturated rings. The SMILES string of the molecule is COc1cc(-c2nc(Nc3cccc(C(F)(F)F)c3Cl)n(C)n2)ccc1-n1cnc(C)c1. The van der Waals surface area contributed by atoms with Crippen molar-refractivity contribution >= 4 is 23.2 Å². The highest BCUT2D eigenvalue weighted by Gasteiger charge is 2.34. The lowest BCUT2D eigenvalue weighted by Crippen LogP contribution is -2.08. The Bertz CT molecular complexity index is 1280. The molecule has 0 amide bonds. The number of nitrogens with one attached hydrogen (secondary N) is 1. The number of benzene rings is 2. The normalized spacial score (nSPS) is 11.6. The Labute approximate surface area is 186 Å². The van der Waals surface area contributed by atoms with E-state index in [2.05, 4.69) is 20.4 Å². The number of aryl methyl sites for hydroxylation is 2. The minimum Gasteiger partial charge on any atom is -0.495 e. The third kappa shape index (κ3) is 4.13. The first-order valence-electron chi connectivity index (χ1n) is 9.40. The summed E-state index contributed by atoms with van der Waals surface area (Å²) < 4.78 is 48.2. The average Bonchev–Trinajstić information content (AvgIpc) is 3.34. The van der Waals surface area contributed by atoms with Crippen LogP contribution in [0.2, 0.25) is 5.02 Å². The summed E-state index contributed by atoms with van der Waals surface area (Å²) in [6, 6.07) is 9.09. The number of rotatable bonds is 5. The van der Waals surface area contributed by atoms with Gasteiger partial charge in [0.05, 0.1) is 41.1 Å². The summed E-state index contributed by atoms with van der Waals surface area (Å²) in [6.45, 7) is 1.89. The van der Waals surface area contributed by atoms with E-state index in [1.54, 1.807) is 26.6 Å². The molecule has 32 heavy (non-hydrogen) atoms. The molecule has 0 radical (unpaired) electrons. The third-order valence-corrected chi connectivity index (χ3v) is 5.15. The number of nitrogens with zero attached hydrogens (tertiary/aromatic N) is 5. The lowest BCUT2D eigenvalue weighted by Gasteiger charge is -2.13. The first-order chi connectivity index (χ1) is 15.2. The summed E-state index contributed by atoms with van der Waals surface area (Å²) in [5, 5.41) is 6.75. The molecule has 0 atom stereocenters. The monoisotopic (exact) mass is 462 g/mol. The van der Waals surface area contributed by atoms with Gasteiger partial charge in [0.25, 0.3) is 0 Å². The molecule has 0 aliphatic carbocycles. The maximum absolute atomic E-state index is 13.1. The first-order valence-corrected chi connectivity index (χ1v) is 9.78. The summed E-state index contributed by atoms with van der Waals surface area (Å²) >= 11 is 5.97. The lowest BCUT2D eigenvalue weighted by atomic mass is 10.1. The third-order valence-electron chi connectivity index (χ3n) is 4.74. The van der Waals surface area contributed by atoms with Crippen molar-refractivity contribution in [2.24, 2.45) is 7.05 Å². The zero-order valence-electron chi connectivity index (χ0n) is 17.3. The number of anilines is 2. The molecule has 2 aromatic carbocycles. The van der Waals surface area contributed by atoms with Gasteiger partial charge < -0.3 is 14.6 Å². The minimum absolute atomic E-state index is 0.0759. The van der Waals surface area contributed by atoms with Crippen LogP contribution in [0.15, 0.2) is 48.9 Å². The van der Waals surface area contributed by atoms with Gasteiger partial charge in [0, 0.05) is 18.8 Å². The maximum Gasteiger partial charge on any atom is 0.417 e. The fourth-order valence-corrected chi connectivity index (χ4v) is 3.45. The second-order valence-electron chi connectivity index (χ2n) is 6.98. The van der Waals surface area contributed by atoms with E-state index in [9.17, 15) is 13.2 Å². The van der Waals surface area contributed by atoms with Gasteiger partial charge in [-0.1, -0.05) is 17.7 Å². The van der Waals surface area contributed by atoms with E-state index in [4.69, 9.17) is 16.3 Å². The Morgan fingerprint density at radius 3 is 2.59 bits per heavy atom. The molecule has 0 saturated carbocycles. The highest BCUT2D eigenvalue weighted by Crippen LogP contribution is 2.39. The van der Waals surface area contributed by atoms with Gasteiger partial charge in [-0.3, -0.25) is 0 Å². The Kier molecular flexibility index (Phi) is 5.55. The molecule has 1 N–H and O–H groups in total. The van der Waals surface area contributed by atoms with Crippen molar-refractivity contribution in [3.05, 3.63) is 65.2 Å². The summed E-state index contributed by atoms with van der Waals surface area (Å²) in [5.41, 5.74) is 1.48. The Balaban J connectivity index is 1.66. The Hall–Kier alpha value is -3.53. The number of hydrogen-bond acceptors (Lipinski definition) is 5. The molecule has 0 bridgehead atoms. The Morgan fingerprint density at radius 1 is 1.16 bits per heavy atom. The van der Waals surface area contributed by atoms with Crippen LogP contribution in [-0.4, -0.2) is 31.4 Å². The number of aromatic nitrogens is 5. The predicted molar refractivity (Wildman–Crippen MR) is 115 cm³/mol. The van der Waals surface area contributed by atoms with Crippen LogP contribution in [0.5, 0.6) is 5.75 Å². The highest BCUT2D eigenvalue weighted by atomic mass is 35.5. The highest BCUT2D eigenvalue weighted by molar-refractivity contribution is 6.34. The summed E-state index contributed by atoms with van der Waals surface area (Å²) in [7, 11) is 3.18. The number of hydrogen-bond donors (Lipinski definition) is 1. The van der Waals surface area contributed by atoms with Crippen molar-refractivity contribution < 1.29 is 17.9 Å². The largest absolute Gasteiger partial charge is 0.495 e. The van der Waals surface area contributed by atoms with Gasteiger partial charge in [0.1, 0.15) is 5.75 Å². The van der Waals surface area contributed by atoms with Crippen molar-refractivity contribution in [1.29, 1.82) is 0 Å². The fourth-order valence-electron chi connectivity index (χ4n) is 3.17. The van der Waals surface area contributed by atoms with Gasteiger partial charge in [-0.25, -0.2) is 9.67 Å². The number of halogens is 4. The van der Waals surface area contributed by atoms with E-state index >= 15 is 0 Å². The van der Waals surface area contributed by atoms with Crippen molar-refractivity contribution in [3.8, 4) is 22.8 Å². The molecule has 2 aromatic heterocycles. The Morgan fingerprint density at radius 2 is 1.94 bits per heavy atom. The van der Waals surface area contributed by atoms with Crippen LogP contribution in [0.1, 0.15) is 11.3 Å². The number of methoxy groups -OCH3 is 1. The van der Waals surface area contributed by atoms with Gasteiger partial charge in [-0.05, 0) is 37.3 Å². The average molecular weight is 463 g/mol. The van der Waals surface area contributed by atoms with Crippen molar-refractivity contribution in [2.45, 2.75) is 13.1 Å². The molecule has 4 rings (SSSR count). The molecular weight excluding hydrogens is 445 g/mol. The zero-order chi connectivity index (χ0) is 23.0. The maximum atomic E-state index is 13.1. The van der Waals surface area contributed by atoms with Crippen LogP contribution in [0.25, 0.3) is 17.1 Å². The molecule has 0 aliphatic heterocycles. The predicted octanol–water partition coefficient (Wildman–Crippen LogP) is 5.40. The molecule has 0 saturated heterocycles. The quantitative estimate of drug-likeness (QED) is 0.430. The van der Waals surface area contributed by atoms with E-state index in [-0.39, 0.29) is 11.6 Å². The van der Waals surface area contributed by atoms with Crippen LogP contribution in [-0.2, 0) is 13.2 Å². The molecule has 7 nitrogen and oxygen atoms in total. The second kappa shape index (κ2) is 8.19. The van der Waals surface area contributed by atoms with Crippen LogP contribution in [0, 0.1) is 6.92 Å². The fraction of sp³-hybridized carbons (Fsp3) is 0.190. The summed E-state index contributed by atoms with van der Waals surface area (Å²) in [6.07, 6.45) is -1.00. The number of imidazole rings is 1. The van der Waals surface area contributed by atoms with E-state index in [1.165, 1.54) is 16.8 Å². The van der Waals surface area contributed by atoms with Crippen molar-refractivity contribution in [3.63, 3.8) is 0 Å². The molecular formula is C21H18ClF3N6O. The minimum atomic E-state index is -4.56. The van der Waals surface area contributed by atoms with Crippen LogP contribution < -0.4 is 10.1 Å². The standard InChI is InChI=1S/C21H18ClF3N6O/c1-12-10-31(11-26-12)16-8-7-13(9-17(16)32-3)19-28-20(30(2)29-19)27-15-6-4-5-14(18(15)22)21(23,24)25/h4-11H,1-3H3,(H,27,28,29). The molecule has 4 aromatic rings. The number of alkyl halides is 3. The zero-order valence-corrected chi connectivity index (χ0v) is 18.0. The van der Waals surface area contributed by atoms with Gasteiger partial charge >= 0.3 is 6.18 Å². The van der Waals surface area contributed by atoms with Crippen molar-refractivity contribution in [1.82, 2.24) is 24.3 Å². The molecule has 11 heteroatoms. The van der Waals surface area contributed by atoms with Gasteiger partial charge in [0.15, 0.2) is 5.82 Å². The summed E-state index contributed by atoms with van der Waals surface area (Å²) in [5.74, 6) is 1.18. The van der Waals surface area contributed by atoms with E-state index in [0.29, 0.717) is 17.1 Å². The first kappa shape index (κ1) is 21.7. The van der Waals surface area contributed by atoms with Crippen LogP contribution in [0.3, 0.4) is 0 Å². The van der Waals surface area contributed by atoms with Gasteiger partial charge in [0.2, 0.25) is 5.95 Å². The van der Waals surface area contributed by atoms with E-state index in [1.807, 2.05) is 29.8 Å². The van der Waals surface area contributed by atoms with Crippen LogP contribution in [0.4, 0.5) is 24.8 Å². The molecule has 166 valence electrons. The molecule has 0 spiro atoms. The summed E-state index contributed by atoms with van der Waals surface area (Å²) in [4.78, 5) is 8.64. The smallest absolute Gasteiger partial charge is 0.417 e. The van der Waals surface area contributed by atoms with E-state index in [0.717, 1.165) is 17.4 Å². The number of ether oxygens (including phenoxy) is 1. The topological polar surface area (TPSA) is 69.8 Å². The molecule has 0 unspecified atom stereocenters. The second-order valence-corrected chi connectivity index (χ2v) is 7.36.